The van der Waals surface area contributed by atoms with Crippen LogP contribution in [0, 0.1) is 19.8 Å². The molecule has 0 aliphatic rings. The van der Waals surface area contributed by atoms with Crippen LogP contribution in [-0.4, -0.2) is 15.0 Å². The SMILES string of the molecule is Cc1cc(OCCC(C)C)cc(C)c1S(N)(=O)=O. The maximum absolute atomic E-state index is 11.4. The minimum atomic E-state index is -3.67. The van der Waals surface area contributed by atoms with Gasteiger partial charge in [-0.1, -0.05) is 13.8 Å². The van der Waals surface area contributed by atoms with E-state index in [4.69, 9.17) is 9.88 Å². The standard InChI is InChI=1S/C13H21NO3S/c1-9(2)5-6-17-12-7-10(3)13(11(4)8-12)18(14,15)16/h7-9H,5-6H2,1-4H3,(H2,14,15,16). The van der Waals surface area contributed by atoms with E-state index in [9.17, 15) is 8.42 Å². The van der Waals surface area contributed by atoms with Crippen molar-refractivity contribution in [2.75, 3.05) is 6.61 Å². The third-order valence-electron chi connectivity index (χ3n) is 2.68. The lowest BCUT2D eigenvalue weighted by Gasteiger charge is -2.12. The molecule has 5 heteroatoms. The van der Waals surface area contributed by atoms with Crippen LogP contribution >= 0.6 is 0 Å². The van der Waals surface area contributed by atoms with Crippen molar-refractivity contribution in [3.8, 4) is 5.75 Å². The van der Waals surface area contributed by atoms with Gasteiger partial charge < -0.3 is 4.74 Å². The van der Waals surface area contributed by atoms with Gasteiger partial charge in [0, 0.05) is 0 Å². The van der Waals surface area contributed by atoms with E-state index in [2.05, 4.69) is 13.8 Å². The van der Waals surface area contributed by atoms with Crippen LogP contribution in [0.25, 0.3) is 0 Å². The Bertz CT molecular complexity index is 498. The number of primary sulfonamides is 1. The second kappa shape index (κ2) is 5.71. The van der Waals surface area contributed by atoms with E-state index in [1.54, 1.807) is 26.0 Å². The van der Waals surface area contributed by atoms with Crippen molar-refractivity contribution in [2.45, 2.75) is 39.0 Å². The van der Waals surface area contributed by atoms with Crippen molar-refractivity contribution in [1.82, 2.24) is 0 Å². The highest BCUT2D eigenvalue weighted by Gasteiger charge is 2.16. The largest absolute Gasteiger partial charge is 0.494 e. The molecule has 1 aromatic carbocycles. The molecule has 2 N–H and O–H groups in total. The van der Waals surface area contributed by atoms with Gasteiger partial charge in [-0.05, 0) is 49.4 Å². The second-order valence-electron chi connectivity index (χ2n) is 4.96. The number of hydrogen-bond acceptors (Lipinski definition) is 3. The fourth-order valence-corrected chi connectivity index (χ4v) is 2.87. The molecule has 0 radical (unpaired) electrons. The third-order valence-corrected chi connectivity index (χ3v) is 3.90. The van der Waals surface area contributed by atoms with E-state index in [0.717, 1.165) is 6.42 Å². The first kappa shape index (κ1) is 15.0. The van der Waals surface area contributed by atoms with E-state index >= 15 is 0 Å². The Morgan fingerprint density at radius 1 is 1.22 bits per heavy atom. The Morgan fingerprint density at radius 2 is 1.72 bits per heavy atom. The summed E-state index contributed by atoms with van der Waals surface area (Å²) < 4.78 is 28.5. The van der Waals surface area contributed by atoms with Crippen molar-refractivity contribution in [3.63, 3.8) is 0 Å². The van der Waals surface area contributed by atoms with Gasteiger partial charge in [0.05, 0.1) is 11.5 Å². The van der Waals surface area contributed by atoms with Crippen LogP contribution in [0.4, 0.5) is 0 Å². The number of aryl methyl sites for hydroxylation is 2. The molecule has 0 atom stereocenters. The van der Waals surface area contributed by atoms with Crippen LogP contribution < -0.4 is 9.88 Å². The van der Waals surface area contributed by atoms with Gasteiger partial charge in [0.15, 0.2) is 0 Å². The quantitative estimate of drug-likeness (QED) is 0.894. The third kappa shape index (κ3) is 3.99. The molecule has 18 heavy (non-hydrogen) atoms. The molecule has 4 nitrogen and oxygen atoms in total. The van der Waals surface area contributed by atoms with Crippen LogP contribution in [-0.2, 0) is 10.0 Å². The van der Waals surface area contributed by atoms with E-state index in [-0.39, 0.29) is 4.90 Å². The molecule has 0 aromatic heterocycles. The summed E-state index contributed by atoms with van der Waals surface area (Å²) in [6.07, 6.45) is 0.967. The molecule has 0 aliphatic heterocycles. The van der Waals surface area contributed by atoms with E-state index in [1.165, 1.54) is 0 Å². The lowest BCUT2D eigenvalue weighted by Crippen LogP contribution is -2.15. The highest BCUT2D eigenvalue weighted by atomic mass is 32.2. The summed E-state index contributed by atoms with van der Waals surface area (Å²) in [5, 5.41) is 5.18. The lowest BCUT2D eigenvalue weighted by molar-refractivity contribution is 0.289. The molecular formula is C13H21NO3S. The van der Waals surface area contributed by atoms with Crippen molar-refractivity contribution < 1.29 is 13.2 Å². The maximum Gasteiger partial charge on any atom is 0.238 e. The number of hydrogen-bond donors (Lipinski definition) is 1. The molecule has 0 bridgehead atoms. The number of rotatable bonds is 5. The zero-order valence-electron chi connectivity index (χ0n) is 11.4. The minimum absolute atomic E-state index is 0.193. The van der Waals surface area contributed by atoms with Crippen LogP contribution in [0.2, 0.25) is 0 Å². The molecule has 1 rings (SSSR count). The van der Waals surface area contributed by atoms with Gasteiger partial charge in [-0.25, -0.2) is 13.6 Å². The number of nitrogens with two attached hydrogens (primary N) is 1. The molecule has 0 saturated carbocycles. The van der Waals surface area contributed by atoms with Gasteiger partial charge in [0.25, 0.3) is 0 Å². The summed E-state index contributed by atoms with van der Waals surface area (Å²) in [5.41, 5.74) is 1.24. The van der Waals surface area contributed by atoms with Gasteiger partial charge in [0.2, 0.25) is 10.0 Å². The molecule has 0 amide bonds. The molecule has 102 valence electrons. The Balaban J connectivity index is 2.94. The molecule has 0 heterocycles. The van der Waals surface area contributed by atoms with Crippen molar-refractivity contribution in [1.29, 1.82) is 0 Å². The summed E-state index contributed by atoms with van der Waals surface area (Å²) >= 11 is 0. The zero-order valence-corrected chi connectivity index (χ0v) is 12.2. The highest BCUT2D eigenvalue weighted by Crippen LogP contribution is 2.25. The molecule has 0 fully saturated rings. The summed E-state index contributed by atoms with van der Waals surface area (Å²) in [6.45, 7) is 8.34. The van der Waals surface area contributed by atoms with E-state index in [1.807, 2.05) is 0 Å². The Labute approximate surface area is 109 Å². The van der Waals surface area contributed by atoms with Crippen molar-refractivity contribution in [2.24, 2.45) is 11.1 Å². The van der Waals surface area contributed by atoms with Gasteiger partial charge >= 0.3 is 0 Å². The number of ether oxygens (including phenoxy) is 1. The van der Waals surface area contributed by atoms with E-state index in [0.29, 0.717) is 29.4 Å². The molecule has 0 saturated heterocycles. The highest BCUT2D eigenvalue weighted by molar-refractivity contribution is 7.89. The fraction of sp³-hybridized carbons (Fsp3) is 0.538. The molecule has 0 unspecified atom stereocenters. The summed E-state index contributed by atoms with van der Waals surface area (Å²) in [4.78, 5) is 0.193. The first-order valence-corrected chi connectivity index (χ1v) is 7.53. The number of benzene rings is 1. The fourth-order valence-electron chi connectivity index (χ4n) is 1.86. The first-order valence-electron chi connectivity index (χ1n) is 5.98. The van der Waals surface area contributed by atoms with Crippen LogP contribution in [0.3, 0.4) is 0 Å². The van der Waals surface area contributed by atoms with Gasteiger partial charge in [-0.15, -0.1) is 0 Å². The maximum atomic E-state index is 11.4. The van der Waals surface area contributed by atoms with Gasteiger partial charge in [0.1, 0.15) is 5.75 Å². The number of sulfonamides is 1. The predicted octanol–water partition coefficient (Wildman–Crippen LogP) is 2.38. The molecule has 1 aromatic rings. The zero-order chi connectivity index (χ0) is 13.9. The summed E-state index contributed by atoms with van der Waals surface area (Å²) in [6, 6.07) is 3.43. The Hall–Kier alpha value is -1.07. The van der Waals surface area contributed by atoms with Crippen molar-refractivity contribution >= 4 is 10.0 Å². The van der Waals surface area contributed by atoms with Crippen LogP contribution in [0.1, 0.15) is 31.4 Å². The average Bonchev–Trinajstić information content (AvgIpc) is 2.12. The molecular weight excluding hydrogens is 250 g/mol. The summed E-state index contributed by atoms with van der Waals surface area (Å²) in [7, 11) is -3.67. The minimum Gasteiger partial charge on any atom is -0.494 e. The van der Waals surface area contributed by atoms with Gasteiger partial charge in [-0.2, -0.15) is 0 Å². The smallest absolute Gasteiger partial charge is 0.238 e. The van der Waals surface area contributed by atoms with Crippen LogP contribution in [0.5, 0.6) is 5.75 Å². The summed E-state index contributed by atoms with van der Waals surface area (Å²) in [5.74, 6) is 1.27. The topological polar surface area (TPSA) is 69.4 Å². The van der Waals surface area contributed by atoms with Gasteiger partial charge in [-0.3, -0.25) is 0 Å². The normalized spacial score (nSPS) is 11.9. The van der Waals surface area contributed by atoms with E-state index < -0.39 is 10.0 Å². The van der Waals surface area contributed by atoms with Crippen molar-refractivity contribution in [3.05, 3.63) is 23.3 Å². The molecule has 0 spiro atoms. The molecule has 0 aliphatic carbocycles. The van der Waals surface area contributed by atoms with Crippen LogP contribution in [0.15, 0.2) is 17.0 Å². The second-order valence-corrected chi connectivity index (χ2v) is 6.46. The first-order chi connectivity index (χ1) is 8.21. The lowest BCUT2D eigenvalue weighted by atomic mass is 10.1. The average molecular weight is 271 g/mol. The Morgan fingerprint density at radius 3 is 2.11 bits per heavy atom. The monoisotopic (exact) mass is 271 g/mol. The predicted molar refractivity (Wildman–Crippen MR) is 72.2 cm³/mol. The Kier molecular flexibility index (Phi) is 4.76.